The van der Waals surface area contributed by atoms with E-state index in [1.165, 1.54) is 19.3 Å². The van der Waals surface area contributed by atoms with Crippen molar-refractivity contribution in [3.63, 3.8) is 0 Å². The van der Waals surface area contributed by atoms with Crippen molar-refractivity contribution in [2.24, 2.45) is 23.7 Å². The molecule has 106 valence electrons. The van der Waals surface area contributed by atoms with Gasteiger partial charge in [-0.25, -0.2) is 0 Å². The van der Waals surface area contributed by atoms with Crippen LogP contribution in [0.2, 0.25) is 0 Å². The molecule has 5 nitrogen and oxygen atoms in total. The van der Waals surface area contributed by atoms with Gasteiger partial charge in [0, 0.05) is 13.0 Å². The molecular weight excluding hydrogens is 246 g/mol. The average molecular weight is 267 g/mol. The highest BCUT2D eigenvalue weighted by Crippen LogP contribution is 2.49. The molecule has 0 aromatic heterocycles. The second-order valence-electron chi connectivity index (χ2n) is 6.28. The molecule has 3 fully saturated rings. The Kier molecular flexibility index (Phi) is 3.25. The Balaban J connectivity index is 1.68. The van der Waals surface area contributed by atoms with Gasteiger partial charge in [-0.05, 0) is 31.1 Å². The van der Waals surface area contributed by atoms with Crippen LogP contribution < -0.4 is 0 Å². The number of amides is 1. The molecule has 3 rings (SSSR count). The molecule has 3 aliphatic rings. The third-order valence-corrected chi connectivity index (χ3v) is 5.27. The number of aliphatic carboxylic acids is 1. The number of fused-ring (bicyclic) bond motifs is 2. The molecule has 2 bridgehead atoms. The van der Waals surface area contributed by atoms with Crippen LogP contribution in [0.25, 0.3) is 0 Å². The molecule has 2 saturated carbocycles. The highest BCUT2D eigenvalue weighted by atomic mass is 16.5. The highest BCUT2D eigenvalue weighted by molar-refractivity contribution is 5.81. The van der Waals surface area contributed by atoms with Gasteiger partial charge in [-0.1, -0.05) is 6.42 Å². The second kappa shape index (κ2) is 4.78. The van der Waals surface area contributed by atoms with Crippen LogP contribution in [0.1, 0.15) is 25.7 Å². The van der Waals surface area contributed by atoms with E-state index in [9.17, 15) is 9.59 Å². The van der Waals surface area contributed by atoms with Crippen molar-refractivity contribution in [1.29, 1.82) is 0 Å². The van der Waals surface area contributed by atoms with Crippen molar-refractivity contribution in [1.82, 2.24) is 4.90 Å². The number of hydrogen-bond donors (Lipinski definition) is 1. The van der Waals surface area contributed by atoms with Crippen LogP contribution in [0.5, 0.6) is 0 Å². The first-order chi connectivity index (χ1) is 9.08. The summed E-state index contributed by atoms with van der Waals surface area (Å²) in [6, 6.07) is -0.302. The van der Waals surface area contributed by atoms with Gasteiger partial charge in [0.15, 0.2) is 0 Å². The molecule has 1 N–H and O–H groups in total. The SMILES string of the molecule is CN(C(=O)C1CC2CCC1C2)C1COCC1C(=O)O. The number of carbonyl (C=O) groups excluding carboxylic acids is 1. The number of likely N-dealkylation sites (N-methyl/N-ethyl adjacent to an activating group) is 1. The van der Waals surface area contributed by atoms with Gasteiger partial charge in [0.05, 0.1) is 19.3 Å². The maximum absolute atomic E-state index is 12.6. The van der Waals surface area contributed by atoms with E-state index in [0.29, 0.717) is 12.5 Å². The number of carboxylic acid groups (broad SMARTS) is 1. The van der Waals surface area contributed by atoms with Crippen LogP contribution in [-0.2, 0) is 14.3 Å². The predicted octanol–water partition coefficient (Wildman–Crippen LogP) is 0.981. The third kappa shape index (κ3) is 2.14. The molecule has 1 heterocycles. The zero-order valence-corrected chi connectivity index (χ0v) is 11.2. The van der Waals surface area contributed by atoms with Gasteiger partial charge in [-0.15, -0.1) is 0 Å². The summed E-state index contributed by atoms with van der Waals surface area (Å²) in [5, 5.41) is 9.17. The fraction of sp³-hybridized carbons (Fsp3) is 0.857. The minimum Gasteiger partial charge on any atom is -0.481 e. The summed E-state index contributed by atoms with van der Waals surface area (Å²) >= 11 is 0. The van der Waals surface area contributed by atoms with E-state index in [2.05, 4.69) is 0 Å². The van der Waals surface area contributed by atoms with Crippen molar-refractivity contribution in [3.8, 4) is 0 Å². The summed E-state index contributed by atoms with van der Waals surface area (Å²) < 4.78 is 5.25. The average Bonchev–Trinajstić information content (AvgIpc) is 3.11. The molecule has 0 aromatic rings. The topological polar surface area (TPSA) is 66.8 Å². The molecule has 1 amide bonds. The minimum atomic E-state index is -0.866. The zero-order valence-electron chi connectivity index (χ0n) is 11.2. The molecule has 19 heavy (non-hydrogen) atoms. The Morgan fingerprint density at radius 2 is 1.95 bits per heavy atom. The molecule has 0 radical (unpaired) electrons. The van der Waals surface area contributed by atoms with E-state index in [1.54, 1.807) is 11.9 Å². The lowest BCUT2D eigenvalue weighted by Gasteiger charge is -2.31. The maximum Gasteiger partial charge on any atom is 0.311 e. The van der Waals surface area contributed by atoms with Crippen LogP contribution in [-0.4, -0.2) is 48.2 Å². The van der Waals surface area contributed by atoms with Crippen LogP contribution in [0.4, 0.5) is 0 Å². The number of hydrogen-bond acceptors (Lipinski definition) is 3. The fourth-order valence-electron chi connectivity index (χ4n) is 4.13. The molecule has 1 aliphatic heterocycles. The van der Waals surface area contributed by atoms with Gasteiger partial charge in [0.2, 0.25) is 5.91 Å². The Labute approximate surface area is 112 Å². The summed E-state index contributed by atoms with van der Waals surface area (Å²) in [6.07, 6.45) is 4.62. The van der Waals surface area contributed by atoms with Gasteiger partial charge < -0.3 is 14.7 Å². The van der Waals surface area contributed by atoms with E-state index in [4.69, 9.17) is 9.84 Å². The lowest BCUT2D eigenvalue weighted by atomic mass is 9.87. The Morgan fingerprint density at radius 3 is 2.53 bits per heavy atom. The molecule has 5 atom stereocenters. The third-order valence-electron chi connectivity index (χ3n) is 5.27. The quantitative estimate of drug-likeness (QED) is 0.827. The lowest BCUT2D eigenvalue weighted by molar-refractivity contribution is -0.146. The van der Waals surface area contributed by atoms with E-state index in [-0.39, 0.29) is 24.5 Å². The van der Waals surface area contributed by atoms with Gasteiger partial charge in [-0.2, -0.15) is 0 Å². The van der Waals surface area contributed by atoms with Gasteiger partial charge in [-0.3, -0.25) is 9.59 Å². The Bertz CT molecular complexity index is 397. The minimum absolute atomic E-state index is 0.124. The zero-order chi connectivity index (χ0) is 13.6. The number of rotatable bonds is 3. The first-order valence-electron chi connectivity index (χ1n) is 7.15. The van der Waals surface area contributed by atoms with Crippen LogP contribution in [0.3, 0.4) is 0 Å². The summed E-state index contributed by atoms with van der Waals surface area (Å²) in [5.74, 6) is 0.0726. The normalized spacial score (nSPS) is 40.6. The molecular formula is C14H21NO4. The monoisotopic (exact) mass is 267 g/mol. The molecule has 5 heteroatoms. The van der Waals surface area contributed by atoms with E-state index >= 15 is 0 Å². The summed E-state index contributed by atoms with van der Waals surface area (Å²) in [5.41, 5.74) is 0. The number of carboxylic acids is 1. The molecule has 2 aliphatic carbocycles. The van der Waals surface area contributed by atoms with E-state index in [0.717, 1.165) is 12.3 Å². The first kappa shape index (κ1) is 12.9. The van der Waals surface area contributed by atoms with E-state index in [1.807, 2.05) is 0 Å². The largest absolute Gasteiger partial charge is 0.481 e. The summed E-state index contributed by atoms with van der Waals surface area (Å²) in [6.45, 7) is 0.564. The van der Waals surface area contributed by atoms with Crippen molar-refractivity contribution in [3.05, 3.63) is 0 Å². The van der Waals surface area contributed by atoms with Crippen LogP contribution in [0, 0.1) is 23.7 Å². The van der Waals surface area contributed by atoms with Crippen molar-refractivity contribution < 1.29 is 19.4 Å². The van der Waals surface area contributed by atoms with Crippen molar-refractivity contribution in [2.45, 2.75) is 31.7 Å². The second-order valence-corrected chi connectivity index (χ2v) is 6.28. The van der Waals surface area contributed by atoms with Crippen molar-refractivity contribution >= 4 is 11.9 Å². The highest BCUT2D eigenvalue weighted by Gasteiger charge is 2.46. The van der Waals surface area contributed by atoms with Gasteiger partial charge in [0.1, 0.15) is 5.92 Å². The molecule has 5 unspecified atom stereocenters. The van der Waals surface area contributed by atoms with E-state index < -0.39 is 11.9 Å². The Hall–Kier alpha value is -1.10. The van der Waals surface area contributed by atoms with Gasteiger partial charge >= 0.3 is 5.97 Å². The predicted molar refractivity (Wildman–Crippen MR) is 67.4 cm³/mol. The lowest BCUT2D eigenvalue weighted by Crippen LogP contribution is -2.47. The van der Waals surface area contributed by atoms with Crippen LogP contribution >= 0.6 is 0 Å². The first-order valence-corrected chi connectivity index (χ1v) is 7.15. The molecule has 0 spiro atoms. The summed E-state index contributed by atoms with van der Waals surface area (Å²) in [7, 11) is 1.74. The number of carbonyl (C=O) groups is 2. The Morgan fingerprint density at radius 1 is 1.16 bits per heavy atom. The van der Waals surface area contributed by atoms with Crippen molar-refractivity contribution in [2.75, 3.05) is 20.3 Å². The maximum atomic E-state index is 12.6. The standard InChI is InChI=1S/C14H21NO4/c1-15(12-7-19-6-11(12)14(17)18)13(16)10-5-8-2-3-9(10)4-8/h8-12H,2-7H2,1H3,(H,17,18). The number of ether oxygens (including phenoxy) is 1. The summed E-state index contributed by atoms with van der Waals surface area (Å²) in [4.78, 5) is 25.4. The van der Waals surface area contributed by atoms with Crippen LogP contribution in [0.15, 0.2) is 0 Å². The molecule has 0 aromatic carbocycles. The fourth-order valence-corrected chi connectivity index (χ4v) is 4.13. The number of nitrogens with zero attached hydrogens (tertiary/aromatic N) is 1. The van der Waals surface area contributed by atoms with Gasteiger partial charge in [0.25, 0.3) is 0 Å². The molecule has 1 saturated heterocycles. The smallest absolute Gasteiger partial charge is 0.311 e.